The Morgan fingerprint density at radius 2 is 1.71 bits per heavy atom. The predicted molar refractivity (Wildman–Crippen MR) is 99.9 cm³/mol. The minimum atomic E-state index is -3.59. The molecular weight excluding hydrogens is 328 g/mol. The molecule has 0 aliphatic carbocycles. The van der Waals surface area contributed by atoms with Crippen LogP contribution in [0.1, 0.15) is 61.3 Å². The first kappa shape index (κ1) is 25.2. The van der Waals surface area contributed by atoms with E-state index in [-0.39, 0.29) is 11.7 Å². The first-order valence-electron chi connectivity index (χ1n) is 8.19. The van der Waals surface area contributed by atoms with E-state index in [1.54, 1.807) is 13.8 Å². The lowest BCUT2D eigenvalue weighted by Crippen LogP contribution is -2.52. The van der Waals surface area contributed by atoms with Crippen LogP contribution in [0.25, 0.3) is 0 Å². The maximum absolute atomic E-state index is 11.9. The van der Waals surface area contributed by atoms with Crippen LogP contribution in [0.4, 0.5) is 0 Å². The molecule has 1 amide bonds. The SMILES string of the molecule is C=C(N)C(C)CC.CCC(C)(C)C(=O)NC(C)(C)CS(=O)(=O)OC. The summed E-state index contributed by atoms with van der Waals surface area (Å²) in [5.74, 6) is 0.0819. The van der Waals surface area contributed by atoms with Gasteiger partial charge in [0, 0.05) is 11.1 Å². The highest BCUT2D eigenvalue weighted by Crippen LogP contribution is 2.21. The number of hydrogen-bond acceptors (Lipinski definition) is 5. The van der Waals surface area contributed by atoms with Gasteiger partial charge in [0.25, 0.3) is 10.1 Å². The van der Waals surface area contributed by atoms with Crippen LogP contribution in [0.3, 0.4) is 0 Å². The van der Waals surface area contributed by atoms with Crippen molar-refractivity contribution in [1.29, 1.82) is 0 Å². The smallest absolute Gasteiger partial charge is 0.269 e. The lowest BCUT2D eigenvalue weighted by Gasteiger charge is -2.30. The molecular formula is C17H36N2O4S. The van der Waals surface area contributed by atoms with Gasteiger partial charge in [-0.05, 0) is 32.6 Å². The molecule has 0 aromatic rings. The van der Waals surface area contributed by atoms with Gasteiger partial charge in [-0.25, -0.2) is 0 Å². The van der Waals surface area contributed by atoms with E-state index in [0.29, 0.717) is 12.3 Å². The van der Waals surface area contributed by atoms with Gasteiger partial charge in [0.15, 0.2) is 0 Å². The van der Waals surface area contributed by atoms with Crippen molar-refractivity contribution in [2.24, 2.45) is 17.1 Å². The minimum absolute atomic E-state index is 0.156. The summed E-state index contributed by atoms with van der Waals surface area (Å²) in [7, 11) is -2.48. The standard InChI is InChI=1S/C11H23NO4S.C6H13N/c1-7-10(2,3)9(13)12-11(4,5)8-17(14,15)16-6;1-4-5(2)6(3)7/h7-8H2,1-6H3,(H,12,13);5H,3-4,7H2,1-2H3. The number of amides is 1. The number of allylic oxidation sites excluding steroid dienone is 1. The van der Waals surface area contributed by atoms with Gasteiger partial charge in [0.05, 0.1) is 18.4 Å². The molecule has 0 aliphatic heterocycles. The Bertz CT molecular complexity index is 511. The number of hydrogen-bond donors (Lipinski definition) is 2. The van der Waals surface area contributed by atoms with E-state index in [2.05, 4.69) is 29.9 Å². The van der Waals surface area contributed by atoms with Crippen LogP contribution in [-0.4, -0.2) is 32.7 Å². The van der Waals surface area contributed by atoms with Crippen molar-refractivity contribution in [2.45, 2.75) is 66.8 Å². The van der Waals surface area contributed by atoms with Crippen molar-refractivity contribution in [1.82, 2.24) is 5.32 Å². The van der Waals surface area contributed by atoms with Gasteiger partial charge in [-0.3, -0.25) is 8.98 Å². The second kappa shape index (κ2) is 10.0. The Kier molecular flexibility index (Phi) is 10.5. The van der Waals surface area contributed by atoms with Crippen LogP contribution in [0.5, 0.6) is 0 Å². The first-order chi connectivity index (χ1) is 10.6. The molecule has 0 spiro atoms. The molecule has 1 unspecified atom stereocenters. The van der Waals surface area contributed by atoms with Crippen molar-refractivity contribution < 1.29 is 17.4 Å². The van der Waals surface area contributed by atoms with Crippen LogP contribution in [0, 0.1) is 11.3 Å². The van der Waals surface area contributed by atoms with Crippen LogP contribution < -0.4 is 11.1 Å². The highest BCUT2D eigenvalue weighted by Gasteiger charge is 2.33. The lowest BCUT2D eigenvalue weighted by atomic mass is 9.88. The molecule has 6 nitrogen and oxygen atoms in total. The molecule has 0 heterocycles. The average molecular weight is 365 g/mol. The van der Waals surface area contributed by atoms with E-state index in [1.807, 2.05) is 20.8 Å². The summed E-state index contributed by atoms with van der Waals surface area (Å²) >= 11 is 0. The number of nitrogens with two attached hydrogens (primary N) is 1. The predicted octanol–water partition coefficient (Wildman–Crippen LogP) is 2.80. The molecule has 0 radical (unpaired) electrons. The third-order valence-electron chi connectivity index (χ3n) is 3.99. The molecule has 0 saturated heterocycles. The van der Waals surface area contributed by atoms with Crippen molar-refractivity contribution in [3.8, 4) is 0 Å². The van der Waals surface area contributed by atoms with E-state index in [9.17, 15) is 13.2 Å². The number of carbonyl (C=O) groups is 1. The zero-order valence-electron chi connectivity index (χ0n) is 16.5. The Hall–Kier alpha value is -1.08. The summed E-state index contributed by atoms with van der Waals surface area (Å²) in [6.45, 7) is 16.7. The molecule has 24 heavy (non-hydrogen) atoms. The van der Waals surface area contributed by atoms with Gasteiger partial charge < -0.3 is 11.1 Å². The van der Waals surface area contributed by atoms with Crippen LogP contribution in [0.15, 0.2) is 12.3 Å². The molecule has 0 saturated carbocycles. The molecule has 7 heteroatoms. The normalized spacial score (nSPS) is 13.5. The molecule has 0 rings (SSSR count). The number of nitrogens with one attached hydrogen (secondary N) is 1. The topological polar surface area (TPSA) is 98.5 Å². The van der Waals surface area contributed by atoms with Crippen LogP contribution >= 0.6 is 0 Å². The fourth-order valence-corrected chi connectivity index (χ4v) is 2.51. The summed E-state index contributed by atoms with van der Waals surface area (Å²) in [6.07, 6.45) is 1.78. The maximum Gasteiger partial charge on any atom is 0.269 e. The summed E-state index contributed by atoms with van der Waals surface area (Å²) in [5.41, 5.74) is 4.79. The first-order valence-corrected chi connectivity index (χ1v) is 9.77. The largest absolute Gasteiger partial charge is 0.402 e. The van der Waals surface area contributed by atoms with Gasteiger partial charge >= 0.3 is 0 Å². The van der Waals surface area contributed by atoms with Crippen LogP contribution in [-0.2, 0) is 19.1 Å². The van der Waals surface area contributed by atoms with Gasteiger partial charge in [0.1, 0.15) is 0 Å². The van der Waals surface area contributed by atoms with Gasteiger partial charge in [-0.1, -0.05) is 41.2 Å². The molecule has 0 bridgehead atoms. The van der Waals surface area contributed by atoms with Crippen molar-refractivity contribution in [2.75, 3.05) is 12.9 Å². The van der Waals surface area contributed by atoms with Crippen LogP contribution in [0.2, 0.25) is 0 Å². The molecule has 0 aromatic carbocycles. The third kappa shape index (κ3) is 10.6. The zero-order valence-corrected chi connectivity index (χ0v) is 17.3. The second-order valence-corrected chi connectivity index (χ2v) is 9.07. The average Bonchev–Trinajstić information content (AvgIpc) is 2.45. The Labute approximate surface area is 148 Å². The molecule has 1 atom stereocenters. The monoisotopic (exact) mass is 364 g/mol. The second-order valence-electron chi connectivity index (χ2n) is 7.33. The van der Waals surface area contributed by atoms with Gasteiger partial charge in [-0.2, -0.15) is 8.42 Å². The fourth-order valence-electron chi connectivity index (χ4n) is 1.44. The van der Waals surface area contributed by atoms with Gasteiger partial charge in [-0.15, -0.1) is 0 Å². The zero-order chi connectivity index (χ0) is 19.8. The van der Waals surface area contributed by atoms with E-state index >= 15 is 0 Å². The number of rotatable bonds is 8. The summed E-state index contributed by atoms with van der Waals surface area (Å²) < 4.78 is 27.1. The van der Waals surface area contributed by atoms with Gasteiger partial charge in [0.2, 0.25) is 5.91 Å². The van der Waals surface area contributed by atoms with E-state index in [0.717, 1.165) is 19.2 Å². The third-order valence-corrected chi connectivity index (χ3v) is 5.57. The number of carbonyl (C=O) groups excluding carboxylic acids is 1. The quantitative estimate of drug-likeness (QED) is 0.645. The Morgan fingerprint density at radius 3 is 1.96 bits per heavy atom. The molecule has 0 fully saturated rings. The fraction of sp³-hybridized carbons (Fsp3) is 0.824. The lowest BCUT2D eigenvalue weighted by molar-refractivity contribution is -0.130. The highest BCUT2D eigenvalue weighted by atomic mass is 32.2. The minimum Gasteiger partial charge on any atom is -0.402 e. The van der Waals surface area contributed by atoms with E-state index in [4.69, 9.17) is 5.73 Å². The summed E-state index contributed by atoms with van der Waals surface area (Å²) in [4.78, 5) is 11.9. The van der Waals surface area contributed by atoms with Crippen molar-refractivity contribution >= 4 is 16.0 Å². The molecule has 3 N–H and O–H groups in total. The van der Waals surface area contributed by atoms with E-state index in [1.165, 1.54) is 0 Å². The maximum atomic E-state index is 11.9. The molecule has 0 aliphatic rings. The van der Waals surface area contributed by atoms with Crippen molar-refractivity contribution in [3.63, 3.8) is 0 Å². The van der Waals surface area contributed by atoms with E-state index < -0.39 is 21.1 Å². The Morgan fingerprint density at radius 1 is 1.25 bits per heavy atom. The van der Waals surface area contributed by atoms with Crippen molar-refractivity contribution in [3.05, 3.63) is 12.3 Å². The molecule has 0 aromatic heterocycles. The summed E-state index contributed by atoms with van der Waals surface area (Å²) in [5, 5.41) is 2.74. The Balaban J connectivity index is 0. The summed E-state index contributed by atoms with van der Waals surface area (Å²) in [6, 6.07) is 0. The highest BCUT2D eigenvalue weighted by molar-refractivity contribution is 7.86. The molecule has 144 valence electrons.